The molecule has 62 valence electrons. The van der Waals surface area contributed by atoms with Crippen molar-refractivity contribution in [2.45, 2.75) is 0 Å². The third-order valence-corrected chi connectivity index (χ3v) is 1.54. The van der Waals surface area contributed by atoms with Gasteiger partial charge in [-0.1, -0.05) is 11.6 Å². The smallest absolute Gasteiger partial charge is 0.325 e. The van der Waals surface area contributed by atoms with Crippen LogP contribution in [0, 0.1) is 0 Å². The van der Waals surface area contributed by atoms with Gasteiger partial charge in [0, 0.05) is 6.20 Å². The minimum Gasteiger partial charge on any atom is -0.468 e. The first kappa shape index (κ1) is 8.20. The zero-order valence-corrected chi connectivity index (χ0v) is 6.89. The molecule has 4 nitrogen and oxygen atoms in total. The molecule has 1 heterocycles. The Morgan fingerprint density at radius 2 is 2.73 bits per heavy atom. The lowest BCUT2D eigenvalue weighted by molar-refractivity contribution is -0.141. The van der Waals surface area contributed by atoms with Gasteiger partial charge in [0.2, 0.25) is 0 Å². The molecular formula is C6H9ClN2O2. The molecule has 0 atom stereocenters. The minimum absolute atomic E-state index is 0.236. The molecule has 1 aliphatic heterocycles. The van der Waals surface area contributed by atoms with Gasteiger partial charge < -0.3 is 15.0 Å². The van der Waals surface area contributed by atoms with Crippen molar-refractivity contribution in [2.75, 3.05) is 20.3 Å². The van der Waals surface area contributed by atoms with Gasteiger partial charge in [0.05, 0.1) is 13.8 Å². The van der Waals surface area contributed by atoms with Crippen molar-refractivity contribution in [3.63, 3.8) is 0 Å². The van der Waals surface area contributed by atoms with Gasteiger partial charge in [-0.2, -0.15) is 0 Å². The Morgan fingerprint density at radius 1 is 2.00 bits per heavy atom. The van der Waals surface area contributed by atoms with Crippen LogP contribution in [-0.2, 0) is 9.53 Å². The topological polar surface area (TPSA) is 41.6 Å². The second-order valence-electron chi connectivity index (χ2n) is 2.13. The summed E-state index contributed by atoms with van der Waals surface area (Å²) in [4.78, 5) is 12.4. The lowest BCUT2D eigenvalue weighted by Gasteiger charge is -2.11. The number of carbonyl (C=O) groups excluding carboxylic acids is 1. The molecule has 0 saturated heterocycles. The Balaban J connectivity index is 2.34. The summed E-state index contributed by atoms with van der Waals surface area (Å²) in [5.41, 5.74) is 0. The van der Waals surface area contributed by atoms with Gasteiger partial charge in [0.15, 0.2) is 0 Å². The van der Waals surface area contributed by atoms with Gasteiger partial charge in [-0.25, -0.2) is 0 Å². The molecule has 1 rings (SSSR count). The Hall–Kier alpha value is -0.900. The number of hydrogen-bond acceptors (Lipinski definition) is 4. The Bertz CT molecular complexity index is 193. The van der Waals surface area contributed by atoms with E-state index >= 15 is 0 Å². The number of ether oxygens (including phenoxy) is 1. The molecule has 0 aromatic rings. The van der Waals surface area contributed by atoms with E-state index in [2.05, 4.69) is 10.1 Å². The molecule has 0 saturated carbocycles. The number of esters is 1. The molecular weight excluding hydrogens is 168 g/mol. The van der Waals surface area contributed by atoms with Gasteiger partial charge in [-0.3, -0.25) is 4.79 Å². The van der Waals surface area contributed by atoms with Gasteiger partial charge in [0.1, 0.15) is 11.7 Å². The highest BCUT2D eigenvalue weighted by Crippen LogP contribution is 2.06. The summed E-state index contributed by atoms with van der Waals surface area (Å²) in [6.45, 7) is 0.799. The summed E-state index contributed by atoms with van der Waals surface area (Å²) < 4.78 is 4.47. The molecule has 5 heteroatoms. The van der Waals surface area contributed by atoms with Gasteiger partial charge in [-0.15, -0.1) is 0 Å². The molecule has 0 aromatic carbocycles. The first-order valence-corrected chi connectivity index (χ1v) is 3.52. The van der Waals surface area contributed by atoms with Crippen LogP contribution >= 0.6 is 11.6 Å². The van der Waals surface area contributed by atoms with E-state index in [1.165, 1.54) is 7.11 Å². The van der Waals surface area contributed by atoms with E-state index in [0.29, 0.717) is 11.8 Å². The first-order valence-electron chi connectivity index (χ1n) is 3.14. The standard InChI is InChI=1S/C6H9ClN2O2/c1-11-6(10)3-9-2-5(7)8-4-9/h2,8H,3-4H2,1H3. The summed E-state index contributed by atoms with van der Waals surface area (Å²) in [5, 5.41) is 3.39. The highest BCUT2D eigenvalue weighted by Gasteiger charge is 2.12. The van der Waals surface area contributed by atoms with Crippen LogP contribution in [0.2, 0.25) is 0 Å². The molecule has 0 unspecified atom stereocenters. The van der Waals surface area contributed by atoms with E-state index in [1.54, 1.807) is 11.1 Å². The third kappa shape index (κ3) is 2.31. The van der Waals surface area contributed by atoms with E-state index in [9.17, 15) is 4.79 Å². The van der Waals surface area contributed by atoms with Crippen LogP contribution in [-0.4, -0.2) is 31.2 Å². The monoisotopic (exact) mass is 176 g/mol. The van der Waals surface area contributed by atoms with Crippen molar-refractivity contribution in [1.29, 1.82) is 0 Å². The summed E-state index contributed by atoms with van der Waals surface area (Å²) in [6.07, 6.45) is 1.67. The van der Waals surface area contributed by atoms with Crippen molar-refractivity contribution in [2.24, 2.45) is 0 Å². The Morgan fingerprint density at radius 3 is 3.18 bits per heavy atom. The molecule has 0 amide bonds. The van der Waals surface area contributed by atoms with Crippen LogP contribution in [0.5, 0.6) is 0 Å². The lowest BCUT2D eigenvalue weighted by Crippen LogP contribution is -2.27. The molecule has 1 N–H and O–H groups in total. The highest BCUT2D eigenvalue weighted by molar-refractivity contribution is 6.29. The SMILES string of the molecule is COC(=O)CN1C=C(Cl)NC1. The van der Waals surface area contributed by atoms with E-state index in [0.717, 1.165) is 0 Å². The number of nitrogens with one attached hydrogen (secondary N) is 1. The van der Waals surface area contributed by atoms with Gasteiger partial charge >= 0.3 is 5.97 Å². The third-order valence-electron chi connectivity index (χ3n) is 1.31. The van der Waals surface area contributed by atoms with Gasteiger partial charge in [0.25, 0.3) is 0 Å². The molecule has 0 spiro atoms. The fraction of sp³-hybridized carbons (Fsp3) is 0.500. The molecule has 1 aliphatic rings. The maximum atomic E-state index is 10.7. The number of nitrogens with zero attached hydrogens (tertiary/aromatic N) is 1. The molecule has 0 aliphatic carbocycles. The van der Waals surface area contributed by atoms with Crippen LogP contribution in [0.3, 0.4) is 0 Å². The van der Waals surface area contributed by atoms with Crippen molar-refractivity contribution in [3.05, 3.63) is 11.4 Å². The molecule has 0 bridgehead atoms. The van der Waals surface area contributed by atoms with E-state index in [4.69, 9.17) is 11.6 Å². The summed E-state index contributed by atoms with van der Waals surface area (Å²) in [6, 6.07) is 0. The van der Waals surface area contributed by atoms with Crippen LogP contribution in [0.15, 0.2) is 11.4 Å². The zero-order valence-electron chi connectivity index (χ0n) is 6.13. The predicted octanol–water partition coefficient (Wildman–Crippen LogP) is 0.0598. The first-order chi connectivity index (χ1) is 5.22. The second kappa shape index (κ2) is 3.48. The van der Waals surface area contributed by atoms with Crippen molar-refractivity contribution < 1.29 is 9.53 Å². The fourth-order valence-electron chi connectivity index (χ4n) is 0.761. The van der Waals surface area contributed by atoms with E-state index in [1.807, 2.05) is 0 Å². The largest absolute Gasteiger partial charge is 0.468 e. The normalized spacial score (nSPS) is 15.8. The Labute approximate surface area is 69.8 Å². The van der Waals surface area contributed by atoms with Gasteiger partial charge in [-0.05, 0) is 0 Å². The number of halogens is 1. The number of hydrogen-bond donors (Lipinski definition) is 1. The highest BCUT2D eigenvalue weighted by atomic mass is 35.5. The number of rotatable bonds is 2. The summed E-state index contributed by atoms with van der Waals surface area (Å²) in [7, 11) is 1.36. The quantitative estimate of drug-likeness (QED) is 0.477. The van der Waals surface area contributed by atoms with Crippen LogP contribution in [0.25, 0.3) is 0 Å². The fourth-order valence-corrected chi connectivity index (χ4v) is 0.958. The van der Waals surface area contributed by atoms with E-state index < -0.39 is 0 Å². The predicted molar refractivity (Wildman–Crippen MR) is 40.7 cm³/mol. The average molecular weight is 177 g/mol. The van der Waals surface area contributed by atoms with Crippen molar-refractivity contribution in [3.8, 4) is 0 Å². The molecule has 0 radical (unpaired) electrons. The second-order valence-corrected chi connectivity index (χ2v) is 2.54. The average Bonchev–Trinajstić information content (AvgIpc) is 2.35. The van der Waals surface area contributed by atoms with E-state index in [-0.39, 0.29) is 12.5 Å². The lowest BCUT2D eigenvalue weighted by atomic mass is 10.6. The molecule has 0 aromatic heterocycles. The number of carbonyl (C=O) groups is 1. The maximum absolute atomic E-state index is 10.7. The summed E-state index contributed by atoms with van der Waals surface area (Å²) in [5.74, 6) is -0.269. The van der Waals surface area contributed by atoms with Crippen LogP contribution in [0.4, 0.5) is 0 Å². The Kier molecular flexibility index (Phi) is 2.59. The number of methoxy groups -OCH3 is 1. The van der Waals surface area contributed by atoms with Crippen LogP contribution in [0.1, 0.15) is 0 Å². The maximum Gasteiger partial charge on any atom is 0.325 e. The minimum atomic E-state index is -0.269. The molecule has 0 fully saturated rings. The van der Waals surface area contributed by atoms with Crippen LogP contribution < -0.4 is 5.32 Å². The molecule has 11 heavy (non-hydrogen) atoms. The summed E-state index contributed by atoms with van der Waals surface area (Å²) >= 11 is 5.59. The van der Waals surface area contributed by atoms with Crippen molar-refractivity contribution in [1.82, 2.24) is 10.2 Å². The van der Waals surface area contributed by atoms with Crippen molar-refractivity contribution >= 4 is 17.6 Å². The zero-order chi connectivity index (χ0) is 8.27.